The van der Waals surface area contributed by atoms with Crippen molar-refractivity contribution in [1.29, 1.82) is 0 Å². The van der Waals surface area contributed by atoms with Crippen LogP contribution < -0.4 is 5.32 Å². The molecule has 3 aromatic rings. The van der Waals surface area contributed by atoms with Crippen molar-refractivity contribution in [2.75, 3.05) is 0 Å². The SMILES string of the molecule is Cn1cc(-c2cn(Cc3ccc4c(c3)CNC4)nn2)cn1. The number of hydrogen-bond acceptors (Lipinski definition) is 4. The summed E-state index contributed by atoms with van der Waals surface area (Å²) < 4.78 is 3.63. The van der Waals surface area contributed by atoms with Crippen LogP contribution in [-0.4, -0.2) is 24.8 Å². The maximum atomic E-state index is 4.22. The Balaban J connectivity index is 1.56. The number of nitrogens with one attached hydrogen (secondary N) is 1. The van der Waals surface area contributed by atoms with Crippen LogP contribution in [0.15, 0.2) is 36.8 Å². The van der Waals surface area contributed by atoms with Gasteiger partial charge in [0.2, 0.25) is 0 Å². The van der Waals surface area contributed by atoms with E-state index >= 15 is 0 Å². The third-order valence-electron chi connectivity index (χ3n) is 3.79. The van der Waals surface area contributed by atoms with Gasteiger partial charge in [0.15, 0.2) is 0 Å². The molecule has 0 amide bonds. The molecule has 1 aliphatic heterocycles. The molecule has 0 aliphatic carbocycles. The summed E-state index contributed by atoms with van der Waals surface area (Å²) in [4.78, 5) is 0. The zero-order valence-corrected chi connectivity index (χ0v) is 11.8. The number of nitrogens with zero attached hydrogens (tertiary/aromatic N) is 5. The van der Waals surface area contributed by atoms with Crippen LogP contribution in [0.3, 0.4) is 0 Å². The van der Waals surface area contributed by atoms with Crippen LogP contribution in [0.5, 0.6) is 0 Å². The molecule has 6 heteroatoms. The summed E-state index contributed by atoms with van der Waals surface area (Å²) >= 11 is 0. The van der Waals surface area contributed by atoms with Crippen LogP contribution in [0.2, 0.25) is 0 Å². The highest BCUT2D eigenvalue weighted by molar-refractivity contribution is 5.55. The lowest BCUT2D eigenvalue weighted by molar-refractivity contribution is 0.649. The van der Waals surface area contributed by atoms with Crippen molar-refractivity contribution in [3.63, 3.8) is 0 Å². The van der Waals surface area contributed by atoms with Gasteiger partial charge in [-0.05, 0) is 16.7 Å². The lowest BCUT2D eigenvalue weighted by Crippen LogP contribution is -2.01. The first kappa shape index (κ1) is 12.3. The number of benzene rings is 1. The third-order valence-corrected chi connectivity index (χ3v) is 3.79. The van der Waals surface area contributed by atoms with E-state index in [9.17, 15) is 0 Å². The summed E-state index contributed by atoms with van der Waals surface area (Å²) in [5.74, 6) is 0. The molecule has 2 aromatic heterocycles. The van der Waals surface area contributed by atoms with Gasteiger partial charge in [0.25, 0.3) is 0 Å². The molecular weight excluding hydrogens is 264 g/mol. The second kappa shape index (κ2) is 4.82. The Morgan fingerprint density at radius 2 is 2.10 bits per heavy atom. The van der Waals surface area contributed by atoms with E-state index in [1.54, 1.807) is 10.9 Å². The number of rotatable bonds is 3. The Labute approximate surface area is 122 Å². The zero-order valence-electron chi connectivity index (χ0n) is 11.8. The molecule has 0 fully saturated rings. The minimum atomic E-state index is 0.737. The van der Waals surface area contributed by atoms with Crippen molar-refractivity contribution in [2.24, 2.45) is 7.05 Å². The Morgan fingerprint density at radius 1 is 1.19 bits per heavy atom. The Morgan fingerprint density at radius 3 is 2.95 bits per heavy atom. The van der Waals surface area contributed by atoms with Gasteiger partial charge in [-0.25, -0.2) is 4.68 Å². The van der Waals surface area contributed by atoms with E-state index in [4.69, 9.17) is 0 Å². The van der Waals surface area contributed by atoms with Gasteiger partial charge in [-0.1, -0.05) is 23.4 Å². The van der Waals surface area contributed by atoms with E-state index < -0.39 is 0 Å². The molecule has 1 aliphatic rings. The second-order valence-corrected chi connectivity index (χ2v) is 5.41. The van der Waals surface area contributed by atoms with Gasteiger partial charge in [-0.2, -0.15) is 5.10 Å². The molecular formula is C15H16N6. The molecule has 0 spiro atoms. The van der Waals surface area contributed by atoms with Crippen LogP contribution in [0.4, 0.5) is 0 Å². The molecule has 0 unspecified atom stereocenters. The third kappa shape index (κ3) is 2.34. The quantitative estimate of drug-likeness (QED) is 0.786. The number of fused-ring (bicyclic) bond motifs is 1. The number of hydrogen-bond donors (Lipinski definition) is 1. The normalized spacial score (nSPS) is 13.6. The van der Waals surface area contributed by atoms with E-state index in [0.717, 1.165) is 30.9 Å². The summed E-state index contributed by atoms with van der Waals surface area (Å²) in [5, 5.41) is 15.9. The van der Waals surface area contributed by atoms with Crippen LogP contribution in [0.25, 0.3) is 11.3 Å². The highest BCUT2D eigenvalue weighted by atomic mass is 15.4. The van der Waals surface area contributed by atoms with Gasteiger partial charge in [-0.3, -0.25) is 4.68 Å². The van der Waals surface area contributed by atoms with Gasteiger partial charge in [0, 0.05) is 31.9 Å². The highest BCUT2D eigenvalue weighted by Gasteiger charge is 2.11. The van der Waals surface area contributed by atoms with E-state index in [2.05, 4.69) is 38.9 Å². The topological polar surface area (TPSA) is 60.6 Å². The van der Waals surface area contributed by atoms with Crippen molar-refractivity contribution < 1.29 is 0 Å². The standard InChI is InChI=1S/C15H16N6/c1-20-9-14(7-17-20)15-10-21(19-18-15)8-11-2-3-12-5-16-6-13(12)4-11/h2-4,7,9-10,16H,5-6,8H2,1H3. The summed E-state index contributed by atoms with van der Waals surface area (Å²) in [6, 6.07) is 6.61. The number of aromatic nitrogens is 5. The van der Waals surface area contributed by atoms with Gasteiger partial charge in [0.1, 0.15) is 5.69 Å². The molecule has 1 N–H and O–H groups in total. The molecule has 4 rings (SSSR count). The maximum Gasteiger partial charge on any atom is 0.116 e. The first-order chi connectivity index (χ1) is 10.3. The summed E-state index contributed by atoms with van der Waals surface area (Å²) in [6.07, 6.45) is 5.70. The average molecular weight is 280 g/mol. The first-order valence-corrected chi connectivity index (χ1v) is 6.98. The minimum absolute atomic E-state index is 0.737. The van der Waals surface area contributed by atoms with E-state index in [1.807, 2.05) is 24.1 Å². The maximum absolute atomic E-state index is 4.22. The lowest BCUT2D eigenvalue weighted by atomic mass is 10.1. The minimum Gasteiger partial charge on any atom is -0.309 e. The monoisotopic (exact) mass is 280 g/mol. The van der Waals surface area contributed by atoms with Crippen LogP contribution >= 0.6 is 0 Å². The zero-order chi connectivity index (χ0) is 14.2. The number of aryl methyl sites for hydroxylation is 1. The van der Waals surface area contributed by atoms with Crippen molar-refractivity contribution >= 4 is 0 Å². The average Bonchev–Trinajstić information content (AvgIpc) is 3.18. The molecule has 106 valence electrons. The fourth-order valence-electron chi connectivity index (χ4n) is 2.69. The molecule has 0 atom stereocenters. The van der Waals surface area contributed by atoms with Gasteiger partial charge in [0.05, 0.1) is 18.9 Å². The molecule has 1 aromatic carbocycles. The molecule has 0 radical (unpaired) electrons. The molecule has 6 nitrogen and oxygen atoms in total. The summed E-state index contributed by atoms with van der Waals surface area (Å²) in [5.41, 5.74) is 5.88. The van der Waals surface area contributed by atoms with Gasteiger partial charge in [-0.15, -0.1) is 5.10 Å². The Kier molecular flexibility index (Phi) is 2.82. The second-order valence-electron chi connectivity index (χ2n) is 5.41. The predicted molar refractivity (Wildman–Crippen MR) is 78.3 cm³/mol. The first-order valence-electron chi connectivity index (χ1n) is 6.98. The van der Waals surface area contributed by atoms with E-state index in [0.29, 0.717) is 0 Å². The van der Waals surface area contributed by atoms with Gasteiger partial charge < -0.3 is 5.32 Å². The van der Waals surface area contributed by atoms with E-state index in [1.165, 1.54) is 16.7 Å². The van der Waals surface area contributed by atoms with Crippen LogP contribution in [0.1, 0.15) is 16.7 Å². The van der Waals surface area contributed by atoms with E-state index in [-0.39, 0.29) is 0 Å². The molecule has 0 bridgehead atoms. The molecule has 0 saturated carbocycles. The van der Waals surface area contributed by atoms with Crippen molar-refractivity contribution in [3.05, 3.63) is 53.5 Å². The largest absolute Gasteiger partial charge is 0.309 e. The van der Waals surface area contributed by atoms with Crippen molar-refractivity contribution in [2.45, 2.75) is 19.6 Å². The molecule has 3 heterocycles. The summed E-state index contributed by atoms with van der Waals surface area (Å²) in [6.45, 7) is 2.67. The van der Waals surface area contributed by atoms with Crippen molar-refractivity contribution in [3.8, 4) is 11.3 Å². The van der Waals surface area contributed by atoms with Crippen LogP contribution in [-0.2, 0) is 26.7 Å². The fourth-order valence-corrected chi connectivity index (χ4v) is 2.69. The van der Waals surface area contributed by atoms with Gasteiger partial charge >= 0.3 is 0 Å². The highest BCUT2D eigenvalue weighted by Crippen LogP contribution is 2.18. The van der Waals surface area contributed by atoms with Crippen LogP contribution in [0, 0.1) is 0 Å². The smallest absolute Gasteiger partial charge is 0.116 e. The fraction of sp³-hybridized carbons (Fsp3) is 0.267. The lowest BCUT2D eigenvalue weighted by Gasteiger charge is -2.04. The molecule has 21 heavy (non-hydrogen) atoms. The molecule has 0 saturated heterocycles. The Hall–Kier alpha value is -2.47. The Bertz CT molecular complexity index is 785. The summed E-state index contributed by atoms with van der Waals surface area (Å²) in [7, 11) is 1.90. The van der Waals surface area contributed by atoms with Crippen molar-refractivity contribution in [1.82, 2.24) is 30.1 Å². The predicted octanol–water partition coefficient (Wildman–Crippen LogP) is 1.33.